The van der Waals surface area contributed by atoms with Crippen molar-refractivity contribution in [3.63, 3.8) is 0 Å². The fraction of sp³-hybridized carbons (Fsp3) is 0.417. The van der Waals surface area contributed by atoms with E-state index in [1.165, 1.54) is 0 Å². The molecule has 0 unspecified atom stereocenters. The molecule has 4 nitrogen and oxygen atoms in total. The number of fused-ring (bicyclic) bond motifs is 1. The fourth-order valence-electron chi connectivity index (χ4n) is 1.92. The van der Waals surface area contributed by atoms with Gasteiger partial charge >= 0.3 is 0 Å². The quantitative estimate of drug-likeness (QED) is 0.771. The summed E-state index contributed by atoms with van der Waals surface area (Å²) in [5.41, 5.74) is 9.77. The lowest BCUT2D eigenvalue weighted by atomic mass is 10.2. The number of aromatic nitrogens is 2. The highest BCUT2D eigenvalue weighted by molar-refractivity contribution is 5.81. The largest absolute Gasteiger partial charge is 0.398 e. The van der Waals surface area contributed by atoms with Crippen LogP contribution in [0.5, 0.6) is 0 Å². The standard InChI is InChI=1S/C12H17N3O/c1-8-6-11-12(7-10(8)13)15(4-3-5-16)9(2)14-11/h6-7,16H,3-5,13H2,1-2H3. The summed E-state index contributed by atoms with van der Waals surface area (Å²) >= 11 is 0. The fourth-order valence-corrected chi connectivity index (χ4v) is 1.92. The third kappa shape index (κ3) is 1.76. The second-order valence-electron chi connectivity index (χ2n) is 4.09. The molecule has 0 aliphatic carbocycles. The number of hydrogen-bond donors (Lipinski definition) is 2. The van der Waals surface area contributed by atoms with Gasteiger partial charge in [0.2, 0.25) is 0 Å². The van der Waals surface area contributed by atoms with Crippen molar-refractivity contribution in [2.24, 2.45) is 0 Å². The van der Waals surface area contributed by atoms with Crippen molar-refractivity contribution in [1.29, 1.82) is 0 Å². The van der Waals surface area contributed by atoms with Gasteiger partial charge in [-0.25, -0.2) is 4.98 Å². The first-order valence-corrected chi connectivity index (χ1v) is 5.47. The maximum atomic E-state index is 8.87. The van der Waals surface area contributed by atoms with Gasteiger partial charge in [0.05, 0.1) is 11.0 Å². The van der Waals surface area contributed by atoms with Crippen molar-refractivity contribution in [2.45, 2.75) is 26.8 Å². The van der Waals surface area contributed by atoms with Crippen LogP contribution in [0.15, 0.2) is 12.1 Å². The summed E-state index contributed by atoms with van der Waals surface area (Å²) in [5.74, 6) is 0.966. The molecule has 1 aromatic heterocycles. The highest BCUT2D eigenvalue weighted by atomic mass is 16.3. The van der Waals surface area contributed by atoms with E-state index < -0.39 is 0 Å². The summed E-state index contributed by atoms with van der Waals surface area (Å²) in [4.78, 5) is 4.49. The van der Waals surface area contributed by atoms with Crippen molar-refractivity contribution in [2.75, 3.05) is 12.3 Å². The van der Waals surface area contributed by atoms with Crippen molar-refractivity contribution < 1.29 is 5.11 Å². The number of nitrogen functional groups attached to an aromatic ring is 1. The molecular weight excluding hydrogens is 202 g/mol. The molecule has 0 saturated heterocycles. The van der Waals surface area contributed by atoms with Crippen molar-refractivity contribution in [3.8, 4) is 0 Å². The normalized spacial score (nSPS) is 11.2. The number of benzene rings is 1. The summed E-state index contributed by atoms with van der Waals surface area (Å²) < 4.78 is 2.10. The monoisotopic (exact) mass is 219 g/mol. The van der Waals surface area contributed by atoms with Gasteiger partial charge in [-0.05, 0) is 38.0 Å². The highest BCUT2D eigenvalue weighted by Crippen LogP contribution is 2.22. The van der Waals surface area contributed by atoms with Gasteiger partial charge in [0.1, 0.15) is 5.82 Å². The molecule has 0 aliphatic rings. The van der Waals surface area contributed by atoms with Crippen molar-refractivity contribution >= 4 is 16.7 Å². The third-order valence-electron chi connectivity index (χ3n) is 2.87. The van der Waals surface area contributed by atoms with Crippen LogP contribution in [-0.2, 0) is 6.54 Å². The predicted molar refractivity (Wildman–Crippen MR) is 65.3 cm³/mol. The first kappa shape index (κ1) is 11.0. The van der Waals surface area contributed by atoms with Crippen LogP contribution in [0.2, 0.25) is 0 Å². The van der Waals surface area contributed by atoms with Gasteiger partial charge in [0.15, 0.2) is 0 Å². The highest BCUT2D eigenvalue weighted by Gasteiger charge is 2.08. The Labute approximate surface area is 94.7 Å². The smallest absolute Gasteiger partial charge is 0.106 e. The first-order chi connectivity index (χ1) is 7.63. The van der Waals surface area contributed by atoms with E-state index in [-0.39, 0.29) is 6.61 Å². The average molecular weight is 219 g/mol. The minimum Gasteiger partial charge on any atom is -0.398 e. The molecular formula is C12H17N3O. The van der Waals surface area contributed by atoms with Crippen LogP contribution >= 0.6 is 0 Å². The Kier molecular flexibility index (Phi) is 2.83. The topological polar surface area (TPSA) is 64.1 Å². The molecule has 0 aliphatic heterocycles. The van der Waals surface area contributed by atoms with Crippen molar-refractivity contribution in [1.82, 2.24) is 9.55 Å². The van der Waals surface area contributed by atoms with E-state index in [9.17, 15) is 0 Å². The van der Waals surface area contributed by atoms with Gasteiger partial charge in [-0.1, -0.05) is 0 Å². The van der Waals surface area contributed by atoms with Crippen molar-refractivity contribution in [3.05, 3.63) is 23.5 Å². The molecule has 3 N–H and O–H groups in total. The molecule has 86 valence electrons. The number of anilines is 1. The zero-order valence-corrected chi connectivity index (χ0v) is 9.70. The average Bonchev–Trinajstić information content (AvgIpc) is 2.52. The molecule has 0 saturated carbocycles. The van der Waals surface area contributed by atoms with E-state index >= 15 is 0 Å². The molecule has 2 rings (SSSR count). The molecule has 0 bridgehead atoms. The van der Waals surface area contributed by atoms with Gasteiger partial charge in [-0.3, -0.25) is 0 Å². The number of rotatable bonds is 3. The third-order valence-corrected chi connectivity index (χ3v) is 2.87. The second-order valence-corrected chi connectivity index (χ2v) is 4.09. The van der Waals surface area contributed by atoms with E-state index in [0.717, 1.165) is 41.1 Å². The maximum Gasteiger partial charge on any atom is 0.106 e. The SMILES string of the molecule is Cc1cc2nc(C)n(CCCO)c2cc1N. The molecule has 1 aromatic carbocycles. The molecule has 0 radical (unpaired) electrons. The van der Waals surface area contributed by atoms with Crippen LogP contribution in [0.25, 0.3) is 11.0 Å². The number of aliphatic hydroxyl groups is 1. The van der Waals surface area contributed by atoms with Crippen LogP contribution in [0.3, 0.4) is 0 Å². The minimum absolute atomic E-state index is 0.195. The second kappa shape index (κ2) is 4.14. The zero-order valence-electron chi connectivity index (χ0n) is 9.70. The molecule has 0 amide bonds. The molecule has 0 fully saturated rings. The van der Waals surface area contributed by atoms with E-state index in [4.69, 9.17) is 10.8 Å². The Hall–Kier alpha value is -1.55. The number of aliphatic hydroxyl groups excluding tert-OH is 1. The number of nitrogens with zero attached hydrogens (tertiary/aromatic N) is 2. The number of hydrogen-bond acceptors (Lipinski definition) is 3. The van der Waals surface area contributed by atoms with Crippen LogP contribution in [0.4, 0.5) is 5.69 Å². The van der Waals surface area contributed by atoms with E-state index in [0.29, 0.717) is 0 Å². The lowest BCUT2D eigenvalue weighted by molar-refractivity contribution is 0.280. The molecule has 2 aromatic rings. The van der Waals surface area contributed by atoms with Gasteiger partial charge in [-0.15, -0.1) is 0 Å². The number of nitrogens with two attached hydrogens (primary N) is 1. The molecule has 0 spiro atoms. The summed E-state index contributed by atoms with van der Waals surface area (Å²) in [6.45, 7) is 4.93. The van der Waals surface area contributed by atoms with Crippen LogP contribution in [-0.4, -0.2) is 21.3 Å². The number of aryl methyl sites for hydroxylation is 3. The zero-order chi connectivity index (χ0) is 11.7. The summed E-state index contributed by atoms with van der Waals surface area (Å²) in [5, 5.41) is 8.87. The van der Waals surface area contributed by atoms with Gasteiger partial charge in [-0.2, -0.15) is 0 Å². The Morgan fingerprint density at radius 3 is 2.81 bits per heavy atom. The summed E-state index contributed by atoms with van der Waals surface area (Å²) in [7, 11) is 0. The molecule has 1 heterocycles. The van der Waals surface area contributed by atoms with E-state index in [1.807, 2.05) is 26.0 Å². The van der Waals surface area contributed by atoms with Gasteiger partial charge < -0.3 is 15.4 Å². The predicted octanol–water partition coefficient (Wildman–Crippen LogP) is 1.62. The Morgan fingerprint density at radius 2 is 2.12 bits per heavy atom. The lowest BCUT2D eigenvalue weighted by Crippen LogP contribution is -2.02. The summed E-state index contributed by atoms with van der Waals surface area (Å²) in [6.07, 6.45) is 0.736. The Bertz CT molecular complexity index is 516. The Morgan fingerprint density at radius 1 is 1.38 bits per heavy atom. The summed E-state index contributed by atoms with van der Waals surface area (Å²) in [6, 6.07) is 3.97. The molecule has 4 heteroatoms. The lowest BCUT2D eigenvalue weighted by Gasteiger charge is -2.06. The Balaban J connectivity index is 2.55. The van der Waals surface area contributed by atoms with Crippen LogP contribution in [0, 0.1) is 13.8 Å². The van der Waals surface area contributed by atoms with E-state index in [2.05, 4.69) is 9.55 Å². The van der Waals surface area contributed by atoms with Gasteiger partial charge in [0, 0.05) is 18.8 Å². The molecule has 16 heavy (non-hydrogen) atoms. The van der Waals surface area contributed by atoms with E-state index in [1.54, 1.807) is 0 Å². The minimum atomic E-state index is 0.195. The maximum absolute atomic E-state index is 8.87. The first-order valence-electron chi connectivity index (χ1n) is 5.47. The van der Waals surface area contributed by atoms with Crippen LogP contribution < -0.4 is 5.73 Å². The van der Waals surface area contributed by atoms with Gasteiger partial charge in [0.25, 0.3) is 0 Å². The molecule has 0 atom stereocenters. The van der Waals surface area contributed by atoms with Crippen LogP contribution in [0.1, 0.15) is 17.8 Å². The number of imidazole rings is 1.